The molecule has 0 aromatic heterocycles. The lowest BCUT2D eigenvalue weighted by Gasteiger charge is -2.12. The van der Waals surface area contributed by atoms with Gasteiger partial charge in [-0.1, -0.05) is 31.2 Å². The third kappa shape index (κ3) is 5.13. The van der Waals surface area contributed by atoms with E-state index in [9.17, 15) is 0 Å². The Kier molecular flexibility index (Phi) is 6.21. The summed E-state index contributed by atoms with van der Waals surface area (Å²) in [6, 6.07) is 14.4. The van der Waals surface area contributed by atoms with Crippen molar-refractivity contribution in [3.8, 4) is 5.75 Å². The van der Waals surface area contributed by atoms with E-state index in [0.717, 1.165) is 30.0 Å². The van der Waals surface area contributed by atoms with Crippen molar-refractivity contribution in [1.29, 1.82) is 0 Å². The molecule has 3 nitrogen and oxygen atoms in total. The van der Waals surface area contributed by atoms with Gasteiger partial charge in [-0.15, -0.1) is 0 Å². The van der Waals surface area contributed by atoms with Crippen LogP contribution in [-0.4, -0.2) is 24.8 Å². The van der Waals surface area contributed by atoms with E-state index in [0.29, 0.717) is 6.61 Å². The second kappa shape index (κ2) is 8.37. The minimum atomic E-state index is 0.593. The summed E-state index contributed by atoms with van der Waals surface area (Å²) in [4.78, 5) is 6.60. The molecule has 0 amide bonds. The zero-order valence-electron chi connectivity index (χ0n) is 14.5. The summed E-state index contributed by atoms with van der Waals surface area (Å²) in [6.07, 6.45) is 3.00. The fraction of sp³-hybridized carbons (Fsp3) is 0.350. The second-order valence-electron chi connectivity index (χ2n) is 5.89. The highest BCUT2D eigenvalue weighted by Crippen LogP contribution is 2.24. The van der Waals surface area contributed by atoms with Gasteiger partial charge in [-0.3, -0.25) is 0 Å². The molecule has 0 heterocycles. The third-order valence-electron chi connectivity index (χ3n) is 3.78. The second-order valence-corrected chi connectivity index (χ2v) is 5.89. The van der Waals surface area contributed by atoms with Crippen molar-refractivity contribution >= 4 is 12.0 Å². The zero-order valence-corrected chi connectivity index (χ0v) is 14.5. The molecular weight excluding hydrogens is 284 g/mol. The molecule has 0 aliphatic rings. The van der Waals surface area contributed by atoms with Crippen molar-refractivity contribution in [3.63, 3.8) is 0 Å². The molecule has 0 N–H and O–H groups in total. The van der Waals surface area contributed by atoms with Crippen LogP contribution in [0.15, 0.2) is 47.5 Å². The molecule has 23 heavy (non-hydrogen) atoms. The Morgan fingerprint density at radius 2 is 1.87 bits per heavy atom. The Balaban J connectivity index is 2.01. The standard InChI is InChI=1S/C20H26N2O/c1-5-12-22(4)15-21-19-10-11-20(17(3)13-19)23-14-18-9-7-6-8-16(18)2/h6-11,13,15H,5,12,14H2,1-4H3/b21-15+. The smallest absolute Gasteiger partial charge is 0.122 e. The molecule has 0 radical (unpaired) electrons. The summed E-state index contributed by atoms with van der Waals surface area (Å²) in [5.74, 6) is 0.911. The molecule has 0 saturated carbocycles. The topological polar surface area (TPSA) is 24.8 Å². The van der Waals surface area contributed by atoms with Crippen LogP contribution in [-0.2, 0) is 6.61 Å². The van der Waals surface area contributed by atoms with Crippen LogP contribution in [0, 0.1) is 13.8 Å². The molecule has 0 bridgehead atoms. The number of ether oxygens (including phenoxy) is 1. The molecule has 0 aliphatic heterocycles. The van der Waals surface area contributed by atoms with E-state index in [2.05, 4.69) is 48.9 Å². The van der Waals surface area contributed by atoms with Gasteiger partial charge in [-0.25, -0.2) is 4.99 Å². The van der Waals surface area contributed by atoms with E-state index in [1.54, 1.807) is 0 Å². The maximum Gasteiger partial charge on any atom is 0.122 e. The van der Waals surface area contributed by atoms with Gasteiger partial charge < -0.3 is 9.64 Å². The van der Waals surface area contributed by atoms with E-state index in [1.165, 1.54) is 11.1 Å². The fourth-order valence-electron chi connectivity index (χ4n) is 2.38. The Bertz CT molecular complexity index is 664. The minimum absolute atomic E-state index is 0.593. The van der Waals surface area contributed by atoms with Gasteiger partial charge >= 0.3 is 0 Å². The predicted molar refractivity (Wildman–Crippen MR) is 97.8 cm³/mol. The van der Waals surface area contributed by atoms with E-state index < -0.39 is 0 Å². The summed E-state index contributed by atoms with van der Waals surface area (Å²) < 4.78 is 5.96. The predicted octanol–water partition coefficient (Wildman–Crippen LogP) is 4.88. The molecule has 122 valence electrons. The van der Waals surface area contributed by atoms with Crippen LogP contribution in [0.4, 0.5) is 5.69 Å². The lowest BCUT2D eigenvalue weighted by Crippen LogP contribution is -2.16. The Hall–Kier alpha value is -2.29. The van der Waals surface area contributed by atoms with Crippen LogP contribution in [0.1, 0.15) is 30.0 Å². The molecular formula is C20H26N2O. The Morgan fingerprint density at radius 1 is 1.09 bits per heavy atom. The highest BCUT2D eigenvalue weighted by molar-refractivity contribution is 5.62. The first-order valence-electron chi connectivity index (χ1n) is 8.12. The van der Waals surface area contributed by atoms with Crippen molar-refractivity contribution in [2.24, 2.45) is 4.99 Å². The van der Waals surface area contributed by atoms with E-state index in [1.807, 2.05) is 37.7 Å². The molecule has 2 rings (SSSR count). The molecule has 0 saturated heterocycles. The fourth-order valence-corrected chi connectivity index (χ4v) is 2.38. The van der Waals surface area contributed by atoms with E-state index >= 15 is 0 Å². The van der Waals surface area contributed by atoms with Crippen LogP contribution >= 0.6 is 0 Å². The van der Waals surface area contributed by atoms with Gasteiger partial charge in [0.05, 0.1) is 12.0 Å². The van der Waals surface area contributed by atoms with Crippen LogP contribution in [0.25, 0.3) is 0 Å². The van der Waals surface area contributed by atoms with Crippen LogP contribution in [0.3, 0.4) is 0 Å². The lowest BCUT2D eigenvalue weighted by atomic mass is 10.1. The van der Waals surface area contributed by atoms with Gasteiger partial charge in [-0.2, -0.15) is 0 Å². The summed E-state index contributed by atoms with van der Waals surface area (Å²) in [6.45, 7) is 7.93. The SMILES string of the molecule is CCCN(C)/C=N/c1ccc(OCc2ccccc2C)c(C)c1. The van der Waals surface area contributed by atoms with Crippen LogP contribution in [0.2, 0.25) is 0 Å². The number of aryl methyl sites for hydroxylation is 2. The number of rotatable bonds is 7. The average Bonchev–Trinajstić information content (AvgIpc) is 2.54. The van der Waals surface area contributed by atoms with Gasteiger partial charge in [0.25, 0.3) is 0 Å². The molecule has 2 aromatic carbocycles. The molecule has 0 aliphatic carbocycles. The van der Waals surface area contributed by atoms with E-state index in [4.69, 9.17) is 4.74 Å². The summed E-state index contributed by atoms with van der Waals surface area (Å²) in [5.41, 5.74) is 4.53. The van der Waals surface area contributed by atoms with Gasteiger partial charge in [0.1, 0.15) is 12.4 Å². The molecule has 0 atom stereocenters. The summed E-state index contributed by atoms with van der Waals surface area (Å²) in [7, 11) is 2.04. The largest absolute Gasteiger partial charge is 0.489 e. The highest BCUT2D eigenvalue weighted by atomic mass is 16.5. The number of hydrogen-bond donors (Lipinski definition) is 0. The molecule has 0 fully saturated rings. The van der Waals surface area contributed by atoms with Crippen LogP contribution in [0.5, 0.6) is 5.75 Å². The zero-order chi connectivity index (χ0) is 16.7. The highest BCUT2D eigenvalue weighted by Gasteiger charge is 2.03. The lowest BCUT2D eigenvalue weighted by molar-refractivity contribution is 0.303. The number of aliphatic imine (C=N–C) groups is 1. The van der Waals surface area contributed by atoms with Gasteiger partial charge in [-0.05, 0) is 55.2 Å². The quantitative estimate of drug-likeness (QED) is 0.537. The van der Waals surface area contributed by atoms with Crippen molar-refractivity contribution in [2.75, 3.05) is 13.6 Å². The Labute approximate surface area is 139 Å². The molecule has 2 aromatic rings. The molecule has 0 unspecified atom stereocenters. The molecule has 0 spiro atoms. The monoisotopic (exact) mass is 310 g/mol. The van der Waals surface area contributed by atoms with E-state index in [-0.39, 0.29) is 0 Å². The van der Waals surface area contributed by atoms with Gasteiger partial charge in [0, 0.05) is 13.6 Å². The van der Waals surface area contributed by atoms with Crippen molar-refractivity contribution in [1.82, 2.24) is 4.90 Å². The Morgan fingerprint density at radius 3 is 2.57 bits per heavy atom. The maximum absolute atomic E-state index is 5.96. The average molecular weight is 310 g/mol. The maximum atomic E-state index is 5.96. The first kappa shape index (κ1) is 17.1. The minimum Gasteiger partial charge on any atom is -0.489 e. The number of benzene rings is 2. The number of nitrogens with zero attached hydrogens (tertiary/aromatic N) is 2. The van der Waals surface area contributed by atoms with Crippen molar-refractivity contribution < 1.29 is 4.74 Å². The first-order valence-corrected chi connectivity index (χ1v) is 8.12. The summed E-state index contributed by atoms with van der Waals surface area (Å²) in [5, 5.41) is 0. The van der Waals surface area contributed by atoms with Crippen LogP contribution < -0.4 is 4.74 Å². The van der Waals surface area contributed by atoms with Gasteiger partial charge in [0.2, 0.25) is 0 Å². The third-order valence-corrected chi connectivity index (χ3v) is 3.78. The molecule has 3 heteroatoms. The normalized spacial score (nSPS) is 11.0. The van der Waals surface area contributed by atoms with Crippen molar-refractivity contribution in [2.45, 2.75) is 33.8 Å². The summed E-state index contributed by atoms with van der Waals surface area (Å²) >= 11 is 0. The first-order chi connectivity index (χ1) is 11.1. The number of hydrogen-bond acceptors (Lipinski definition) is 2. The van der Waals surface area contributed by atoms with Crippen molar-refractivity contribution in [3.05, 3.63) is 59.2 Å². The van der Waals surface area contributed by atoms with Gasteiger partial charge in [0.15, 0.2) is 0 Å².